The molecule has 2 bridgehead atoms. The Bertz CT molecular complexity index is 272. The van der Waals surface area contributed by atoms with Crippen LogP contribution < -0.4 is 0 Å². The van der Waals surface area contributed by atoms with Crippen molar-refractivity contribution in [2.24, 2.45) is 0 Å². The number of fused-ring (bicyclic) bond motifs is 2. The largest absolute Gasteiger partial charge is 0.376 e. The van der Waals surface area contributed by atoms with E-state index >= 15 is 0 Å². The first-order valence-corrected chi connectivity index (χ1v) is 6.51. The van der Waals surface area contributed by atoms with Crippen molar-refractivity contribution in [2.75, 3.05) is 13.2 Å². The van der Waals surface area contributed by atoms with Crippen LogP contribution in [0.15, 0.2) is 0 Å². The third-order valence-electron chi connectivity index (χ3n) is 3.30. The number of ether oxygens (including phenoxy) is 4. The van der Waals surface area contributed by atoms with E-state index in [1.165, 1.54) is 0 Å². The monoisotopic (exact) mass is 295 g/mol. The first-order chi connectivity index (χ1) is 7.94. The molecule has 1 radical (unpaired) electrons. The summed E-state index contributed by atoms with van der Waals surface area (Å²) in [5.74, 6) is 0. The van der Waals surface area contributed by atoms with Crippen molar-refractivity contribution in [3.8, 4) is 0 Å². The van der Waals surface area contributed by atoms with Gasteiger partial charge in [0.2, 0.25) is 0 Å². The quantitative estimate of drug-likeness (QED) is 0.774. The molecule has 2 rings (SSSR count). The average molecular weight is 295 g/mol. The van der Waals surface area contributed by atoms with Crippen molar-refractivity contribution >= 4 is 0 Å². The molecule has 4 nitrogen and oxygen atoms in total. The minimum absolute atomic E-state index is 0. The Morgan fingerprint density at radius 2 is 1.89 bits per heavy atom. The molecule has 0 amide bonds. The van der Waals surface area contributed by atoms with Gasteiger partial charge in [0.1, 0.15) is 17.8 Å². The summed E-state index contributed by atoms with van der Waals surface area (Å²) in [7, 11) is 0. The minimum Gasteiger partial charge on any atom is -0.376 e. The zero-order chi connectivity index (χ0) is 12.6. The van der Waals surface area contributed by atoms with Gasteiger partial charge in [-0.2, -0.15) is 0 Å². The van der Waals surface area contributed by atoms with E-state index in [1.54, 1.807) is 0 Å². The maximum absolute atomic E-state index is 6.04. The van der Waals surface area contributed by atoms with Crippen LogP contribution in [0.5, 0.6) is 0 Å². The fourth-order valence-electron chi connectivity index (χ4n) is 2.59. The fourth-order valence-corrected chi connectivity index (χ4v) is 2.59. The standard InChI is InChI=1S/C13H24O4.V/c1-8(2)14-6-13-7-15-11(10(5)17-13)12(13)16-9(3)4;/h8-12H,6-7H2,1-5H3;/t10-,11+,12?,13-;/m0./s1. The van der Waals surface area contributed by atoms with E-state index in [0.29, 0.717) is 13.2 Å². The molecule has 0 aliphatic carbocycles. The van der Waals surface area contributed by atoms with Crippen LogP contribution in [0.2, 0.25) is 0 Å². The molecule has 5 heteroatoms. The summed E-state index contributed by atoms with van der Waals surface area (Å²) in [5, 5.41) is 0. The Balaban J connectivity index is 0.00000162. The third-order valence-corrected chi connectivity index (χ3v) is 3.30. The van der Waals surface area contributed by atoms with Crippen LogP contribution in [0, 0.1) is 0 Å². The van der Waals surface area contributed by atoms with Gasteiger partial charge in [0.05, 0.1) is 31.5 Å². The normalized spacial score (nSPS) is 38.5. The SMILES string of the molecule is CC(C)OC[C@]12CO[C@@H](C1OC(C)C)[C@H](C)O2.[V]. The minimum atomic E-state index is -0.404. The predicted octanol–water partition coefficient (Wildman–Crippen LogP) is 1.76. The van der Waals surface area contributed by atoms with E-state index in [0.717, 1.165) is 0 Å². The molecule has 0 aromatic heterocycles. The van der Waals surface area contributed by atoms with Crippen molar-refractivity contribution < 1.29 is 37.5 Å². The maximum Gasteiger partial charge on any atom is 0.144 e. The van der Waals surface area contributed by atoms with Gasteiger partial charge >= 0.3 is 0 Å². The van der Waals surface area contributed by atoms with Crippen molar-refractivity contribution in [3.05, 3.63) is 0 Å². The Hall–Kier alpha value is 0.424. The second kappa shape index (κ2) is 6.25. The van der Waals surface area contributed by atoms with E-state index in [-0.39, 0.29) is 49.1 Å². The summed E-state index contributed by atoms with van der Waals surface area (Å²) in [6.07, 6.45) is 0.506. The zero-order valence-electron chi connectivity index (χ0n) is 11.9. The van der Waals surface area contributed by atoms with Gasteiger partial charge in [-0.25, -0.2) is 0 Å². The van der Waals surface area contributed by atoms with Crippen LogP contribution in [0.1, 0.15) is 34.6 Å². The van der Waals surface area contributed by atoms with Gasteiger partial charge in [0.25, 0.3) is 0 Å². The molecule has 2 fully saturated rings. The van der Waals surface area contributed by atoms with Gasteiger partial charge in [-0.05, 0) is 34.6 Å². The second-order valence-electron chi connectivity index (χ2n) is 5.63. The van der Waals surface area contributed by atoms with Crippen LogP contribution >= 0.6 is 0 Å². The van der Waals surface area contributed by atoms with Gasteiger partial charge in [-0.1, -0.05) is 0 Å². The van der Waals surface area contributed by atoms with Gasteiger partial charge in [0, 0.05) is 18.6 Å². The molecule has 0 aromatic rings. The Morgan fingerprint density at radius 3 is 2.39 bits per heavy atom. The van der Waals surface area contributed by atoms with Crippen molar-refractivity contribution in [1.82, 2.24) is 0 Å². The number of rotatable bonds is 5. The number of hydrogen-bond acceptors (Lipinski definition) is 4. The molecule has 1 unspecified atom stereocenters. The molecule has 4 atom stereocenters. The van der Waals surface area contributed by atoms with Crippen LogP contribution in [-0.4, -0.2) is 49.3 Å². The molecule has 105 valence electrons. The molecule has 0 aromatic carbocycles. The maximum atomic E-state index is 6.04. The molecule has 2 aliphatic rings. The van der Waals surface area contributed by atoms with E-state index in [4.69, 9.17) is 18.9 Å². The summed E-state index contributed by atoms with van der Waals surface area (Å²) in [6.45, 7) is 11.3. The van der Waals surface area contributed by atoms with Crippen LogP contribution in [0.3, 0.4) is 0 Å². The molecular formula is C13H24O4V. The summed E-state index contributed by atoms with van der Waals surface area (Å²) in [6, 6.07) is 0. The van der Waals surface area contributed by atoms with E-state index in [2.05, 4.69) is 0 Å². The first-order valence-electron chi connectivity index (χ1n) is 6.51. The van der Waals surface area contributed by atoms with E-state index in [1.807, 2.05) is 34.6 Å². The van der Waals surface area contributed by atoms with Crippen LogP contribution in [-0.2, 0) is 37.5 Å². The third kappa shape index (κ3) is 3.11. The summed E-state index contributed by atoms with van der Waals surface area (Å²) in [4.78, 5) is 0. The fraction of sp³-hybridized carbons (Fsp3) is 1.00. The Morgan fingerprint density at radius 1 is 1.22 bits per heavy atom. The molecule has 0 spiro atoms. The van der Waals surface area contributed by atoms with Crippen molar-refractivity contribution in [3.63, 3.8) is 0 Å². The number of hydrogen-bond donors (Lipinski definition) is 0. The topological polar surface area (TPSA) is 36.9 Å². The average Bonchev–Trinajstić information content (AvgIpc) is 2.67. The van der Waals surface area contributed by atoms with E-state index in [9.17, 15) is 0 Å². The van der Waals surface area contributed by atoms with Gasteiger partial charge in [0.15, 0.2) is 0 Å². The molecule has 2 aliphatic heterocycles. The Kier molecular flexibility index (Phi) is 5.72. The molecule has 0 N–H and O–H groups in total. The van der Waals surface area contributed by atoms with Gasteiger partial charge < -0.3 is 18.9 Å². The molecule has 2 saturated heterocycles. The smallest absolute Gasteiger partial charge is 0.144 e. The van der Waals surface area contributed by atoms with Gasteiger partial charge in [-0.15, -0.1) is 0 Å². The van der Waals surface area contributed by atoms with Crippen LogP contribution in [0.4, 0.5) is 0 Å². The molecular weight excluding hydrogens is 271 g/mol. The summed E-state index contributed by atoms with van der Waals surface area (Å²) < 4.78 is 23.5. The Labute approximate surface area is 122 Å². The predicted molar refractivity (Wildman–Crippen MR) is 64.1 cm³/mol. The molecule has 0 saturated carbocycles. The van der Waals surface area contributed by atoms with Crippen molar-refractivity contribution in [2.45, 2.75) is 70.7 Å². The van der Waals surface area contributed by atoms with Crippen LogP contribution in [0.25, 0.3) is 0 Å². The first kappa shape index (κ1) is 16.5. The second-order valence-corrected chi connectivity index (χ2v) is 5.63. The molecule has 18 heavy (non-hydrogen) atoms. The summed E-state index contributed by atoms with van der Waals surface area (Å²) >= 11 is 0. The zero-order valence-corrected chi connectivity index (χ0v) is 13.3. The molecule has 2 heterocycles. The van der Waals surface area contributed by atoms with Gasteiger partial charge in [-0.3, -0.25) is 0 Å². The van der Waals surface area contributed by atoms with E-state index < -0.39 is 5.60 Å². The summed E-state index contributed by atoms with van der Waals surface area (Å²) in [5.41, 5.74) is -0.404. The van der Waals surface area contributed by atoms with Crippen molar-refractivity contribution in [1.29, 1.82) is 0 Å².